The van der Waals surface area contributed by atoms with Crippen molar-refractivity contribution < 1.29 is 13.2 Å². The van der Waals surface area contributed by atoms with Crippen LogP contribution in [0.15, 0.2) is 52.5 Å². The largest absolute Gasteiger partial charge is 0.354 e. The normalized spacial score (nSPS) is 11.7. The minimum Gasteiger partial charge on any atom is -0.354 e. The van der Waals surface area contributed by atoms with Crippen molar-refractivity contribution in [3.8, 4) is 0 Å². The third kappa shape index (κ3) is 7.08. The van der Waals surface area contributed by atoms with Crippen molar-refractivity contribution in [2.75, 3.05) is 18.8 Å². The highest BCUT2D eigenvalue weighted by Gasteiger charge is 2.28. The molecule has 0 aliphatic carbocycles. The number of nitrogens with zero attached hydrogens (tertiary/aromatic N) is 3. The summed E-state index contributed by atoms with van der Waals surface area (Å²) in [6.45, 7) is 1.50. The van der Waals surface area contributed by atoms with Crippen LogP contribution >= 0.6 is 46.6 Å². The number of hydrogen-bond acceptors (Lipinski definition) is 6. The van der Waals surface area contributed by atoms with Crippen molar-refractivity contribution in [3.63, 3.8) is 0 Å². The van der Waals surface area contributed by atoms with Crippen LogP contribution in [0.25, 0.3) is 0 Å². The number of nitrogens with one attached hydrogen (secondary N) is 2. The van der Waals surface area contributed by atoms with Crippen molar-refractivity contribution in [1.82, 2.24) is 24.8 Å². The van der Waals surface area contributed by atoms with Crippen LogP contribution in [0.2, 0.25) is 15.1 Å². The smallest absolute Gasteiger partial charge is 0.243 e. The minimum absolute atomic E-state index is 0.00147. The Bertz CT molecular complexity index is 1200. The quantitative estimate of drug-likeness (QED) is 0.291. The summed E-state index contributed by atoms with van der Waals surface area (Å²) in [5, 5.41) is 11.0. The van der Waals surface area contributed by atoms with Crippen molar-refractivity contribution >= 4 is 62.5 Å². The van der Waals surface area contributed by atoms with E-state index in [1.807, 2.05) is 0 Å². The number of hydrogen-bond donors (Lipinski definition) is 2. The molecule has 3 rings (SSSR count). The van der Waals surface area contributed by atoms with Crippen LogP contribution in [0.3, 0.4) is 0 Å². The van der Waals surface area contributed by atoms with E-state index in [-0.39, 0.29) is 11.4 Å². The SMILES string of the molecule is Cc1nc(SCCNC(=O)CN(Cc2c(Cl)cccc2Cl)S(=O)(=O)c2ccc(Cl)cc2)n[nH]1. The molecule has 1 amide bonds. The molecule has 8 nitrogen and oxygen atoms in total. The molecule has 0 radical (unpaired) electrons. The molecule has 2 N–H and O–H groups in total. The number of rotatable bonds is 10. The van der Waals surface area contributed by atoms with E-state index in [1.165, 1.54) is 36.0 Å². The lowest BCUT2D eigenvalue weighted by atomic mass is 10.2. The number of amides is 1. The molecular formula is C20H20Cl3N5O3S2. The molecule has 1 heterocycles. The van der Waals surface area contributed by atoms with E-state index in [1.54, 1.807) is 25.1 Å². The monoisotopic (exact) mass is 547 g/mol. The Morgan fingerprint density at radius 1 is 1.12 bits per heavy atom. The molecule has 176 valence electrons. The fraction of sp³-hybridized carbons (Fsp3) is 0.250. The molecule has 0 saturated heterocycles. The number of H-pyrrole nitrogens is 1. The van der Waals surface area contributed by atoms with Gasteiger partial charge in [-0.1, -0.05) is 52.6 Å². The standard InChI is InChI=1S/C20H20Cl3N5O3S2/c1-13-25-20(27-26-13)32-10-9-24-19(29)12-28(11-16-17(22)3-2-4-18(16)23)33(30,31)15-7-5-14(21)6-8-15/h2-8H,9-12H2,1H3,(H,24,29)(H,25,26,27). The first-order valence-electron chi connectivity index (χ1n) is 9.64. The first-order valence-corrected chi connectivity index (χ1v) is 13.2. The van der Waals surface area contributed by atoms with Gasteiger partial charge in [0.15, 0.2) is 0 Å². The van der Waals surface area contributed by atoms with Crippen molar-refractivity contribution in [1.29, 1.82) is 0 Å². The van der Waals surface area contributed by atoms with Crippen LogP contribution in [0.1, 0.15) is 11.4 Å². The lowest BCUT2D eigenvalue weighted by Gasteiger charge is -2.23. The number of benzene rings is 2. The molecular weight excluding hydrogens is 529 g/mol. The molecule has 33 heavy (non-hydrogen) atoms. The first-order chi connectivity index (χ1) is 15.7. The fourth-order valence-electron chi connectivity index (χ4n) is 2.78. The predicted octanol–water partition coefficient (Wildman–Crippen LogP) is 4.17. The number of thioether (sulfide) groups is 1. The van der Waals surface area contributed by atoms with Crippen LogP contribution in [0.4, 0.5) is 0 Å². The highest BCUT2D eigenvalue weighted by Crippen LogP contribution is 2.28. The van der Waals surface area contributed by atoms with E-state index >= 15 is 0 Å². The Kier molecular flexibility index (Phi) is 9.02. The Labute approximate surface area is 211 Å². The summed E-state index contributed by atoms with van der Waals surface area (Å²) in [5.41, 5.74) is 0.404. The van der Waals surface area contributed by atoms with Crippen LogP contribution in [-0.2, 0) is 21.4 Å². The van der Waals surface area contributed by atoms with Crippen LogP contribution in [0, 0.1) is 6.92 Å². The lowest BCUT2D eigenvalue weighted by molar-refractivity contribution is -0.121. The van der Waals surface area contributed by atoms with Crippen molar-refractivity contribution in [2.45, 2.75) is 23.5 Å². The average Bonchev–Trinajstić information content (AvgIpc) is 3.18. The number of carbonyl (C=O) groups is 1. The maximum Gasteiger partial charge on any atom is 0.243 e. The van der Waals surface area contributed by atoms with Gasteiger partial charge < -0.3 is 5.32 Å². The second-order valence-corrected chi connectivity index (χ2v) is 11.1. The highest BCUT2D eigenvalue weighted by atomic mass is 35.5. The number of aromatic nitrogens is 3. The maximum atomic E-state index is 13.3. The van der Waals surface area contributed by atoms with E-state index in [4.69, 9.17) is 34.8 Å². The van der Waals surface area contributed by atoms with Gasteiger partial charge in [-0.05, 0) is 43.3 Å². The van der Waals surface area contributed by atoms with Gasteiger partial charge in [-0.15, -0.1) is 5.10 Å². The molecule has 0 atom stereocenters. The van der Waals surface area contributed by atoms with Crippen LogP contribution in [-0.4, -0.2) is 52.7 Å². The summed E-state index contributed by atoms with van der Waals surface area (Å²) in [6, 6.07) is 10.6. The predicted molar refractivity (Wildman–Crippen MR) is 130 cm³/mol. The van der Waals surface area contributed by atoms with Gasteiger partial charge in [-0.2, -0.15) is 4.31 Å². The van der Waals surface area contributed by atoms with Gasteiger partial charge in [0.25, 0.3) is 0 Å². The van der Waals surface area contributed by atoms with Gasteiger partial charge in [0.2, 0.25) is 21.1 Å². The summed E-state index contributed by atoms with van der Waals surface area (Å²) in [6.07, 6.45) is 0. The fourth-order valence-corrected chi connectivity index (χ4v) is 5.48. The molecule has 3 aromatic rings. The van der Waals surface area contributed by atoms with E-state index < -0.39 is 22.5 Å². The van der Waals surface area contributed by atoms with Gasteiger partial charge in [0.1, 0.15) is 5.82 Å². The number of halogens is 3. The maximum absolute atomic E-state index is 13.3. The van der Waals surface area contributed by atoms with E-state index in [0.717, 1.165) is 4.31 Å². The Hall–Kier alpha value is -1.82. The zero-order valence-electron chi connectivity index (χ0n) is 17.4. The minimum atomic E-state index is -4.05. The Balaban J connectivity index is 1.73. The second kappa shape index (κ2) is 11.5. The third-order valence-corrected chi connectivity index (χ3v) is 8.01. The number of sulfonamides is 1. The average molecular weight is 549 g/mol. The van der Waals surface area contributed by atoms with Gasteiger partial charge in [-0.25, -0.2) is 13.4 Å². The molecule has 0 saturated carbocycles. The van der Waals surface area contributed by atoms with Gasteiger partial charge in [0, 0.05) is 39.5 Å². The van der Waals surface area contributed by atoms with E-state index in [0.29, 0.717) is 43.9 Å². The zero-order valence-corrected chi connectivity index (χ0v) is 21.3. The molecule has 0 aliphatic rings. The van der Waals surface area contributed by atoms with Crippen LogP contribution < -0.4 is 5.32 Å². The summed E-state index contributed by atoms with van der Waals surface area (Å²) in [4.78, 5) is 16.8. The van der Waals surface area contributed by atoms with Gasteiger partial charge in [0.05, 0.1) is 11.4 Å². The zero-order chi connectivity index (χ0) is 24.0. The molecule has 13 heteroatoms. The molecule has 1 aromatic heterocycles. The van der Waals surface area contributed by atoms with Crippen molar-refractivity contribution in [2.24, 2.45) is 0 Å². The second-order valence-electron chi connectivity index (χ2n) is 6.83. The topological polar surface area (TPSA) is 108 Å². The Morgan fingerprint density at radius 2 is 1.79 bits per heavy atom. The molecule has 0 fully saturated rings. The molecule has 0 aliphatic heterocycles. The molecule has 0 spiro atoms. The lowest BCUT2D eigenvalue weighted by Crippen LogP contribution is -2.41. The Morgan fingerprint density at radius 3 is 2.39 bits per heavy atom. The number of carbonyl (C=O) groups excluding carboxylic acids is 1. The van der Waals surface area contributed by atoms with Gasteiger partial charge in [-0.3, -0.25) is 9.89 Å². The highest BCUT2D eigenvalue weighted by molar-refractivity contribution is 7.99. The third-order valence-electron chi connectivity index (χ3n) is 4.40. The first kappa shape index (κ1) is 25.8. The molecule has 0 bridgehead atoms. The van der Waals surface area contributed by atoms with Crippen LogP contribution in [0.5, 0.6) is 0 Å². The van der Waals surface area contributed by atoms with Crippen molar-refractivity contribution in [3.05, 3.63) is 68.9 Å². The van der Waals surface area contributed by atoms with E-state index in [2.05, 4.69) is 20.5 Å². The van der Waals surface area contributed by atoms with E-state index in [9.17, 15) is 13.2 Å². The number of aromatic amines is 1. The molecule has 2 aromatic carbocycles. The molecule has 0 unspecified atom stereocenters. The summed E-state index contributed by atoms with van der Waals surface area (Å²) >= 11 is 19.8. The summed E-state index contributed by atoms with van der Waals surface area (Å²) in [7, 11) is -4.05. The number of aryl methyl sites for hydroxylation is 1. The summed E-state index contributed by atoms with van der Waals surface area (Å²) in [5.74, 6) is 0.744. The summed E-state index contributed by atoms with van der Waals surface area (Å²) < 4.78 is 27.7. The van der Waals surface area contributed by atoms with Gasteiger partial charge >= 0.3 is 0 Å².